The van der Waals surface area contributed by atoms with Gasteiger partial charge in [0.2, 0.25) is 0 Å². The number of halogens is 1. The molecule has 0 aliphatic carbocycles. The molecule has 1 aliphatic heterocycles. The molecule has 122 valence electrons. The van der Waals surface area contributed by atoms with Gasteiger partial charge in [0.1, 0.15) is 5.75 Å². The van der Waals surface area contributed by atoms with Crippen molar-refractivity contribution in [1.82, 2.24) is 10.2 Å². The van der Waals surface area contributed by atoms with Crippen molar-refractivity contribution >= 4 is 17.5 Å². The molecule has 0 aromatic heterocycles. The fraction of sp³-hybridized carbons (Fsp3) is 0.562. The molecule has 1 aromatic rings. The number of amides is 1. The summed E-state index contributed by atoms with van der Waals surface area (Å²) in [5.41, 5.74) is 0.917. The van der Waals surface area contributed by atoms with Gasteiger partial charge in [-0.15, -0.1) is 0 Å². The smallest absolute Gasteiger partial charge is 0.260 e. The first kappa shape index (κ1) is 17.1. The molecule has 1 aliphatic rings. The molecule has 0 bridgehead atoms. The molecule has 1 N–H and O–H groups in total. The van der Waals surface area contributed by atoms with Crippen molar-refractivity contribution in [3.63, 3.8) is 0 Å². The molecule has 0 radical (unpaired) electrons. The second-order valence-electron chi connectivity index (χ2n) is 5.41. The van der Waals surface area contributed by atoms with Crippen LogP contribution in [0, 0.1) is 6.92 Å². The van der Waals surface area contributed by atoms with E-state index in [-0.39, 0.29) is 5.91 Å². The molecule has 1 saturated heterocycles. The Balaban J connectivity index is 1.74. The highest BCUT2D eigenvalue weighted by Crippen LogP contribution is 2.22. The zero-order valence-electron chi connectivity index (χ0n) is 13.1. The molecule has 22 heavy (non-hydrogen) atoms. The van der Waals surface area contributed by atoms with Gasteiger partial charge in [0.15, 0.2) is 6.10 Å². The molecule has 1 fully saturated rings. The second-order valence-corrected chi connectivity index (χ2v) is 5.85. The van der Waals surface area contributed by atoms with Gasteiger partial charge in [0, 0.05) is 31.2 Å². The predicted molar refractivity (Wildman–Crippen MR) is 86.5 cm³/mol. The van der Waals surface area contributed by atoms with Gasteiger partial charge in [0.05, 0.1) is 13.2 Å². The number of hydrogen-bond donors (Lipinski definition) is 1. The van der Waals surface area contributed by atoms with Gasteiger partial charge in [-0.2, -0.15) is 0 Å². The van der Waals surface area contributed by atoms with E-state index in [2.05, 4.69) is 10.2 Å². The third kappa shape index (κ3) is 5.16. The number of rotatable bonds is 6. The van der Waals surface area contributed by atoms with Crippen molar-refractivity contribution in [2.45, 2.75) is 20.0 Å². The van der Waals surface area contributed by atoms with Crippen molar-refractivity contribution in [3.05, 3.63) is 28.8 Å². The first-order valence-corrected chi connectivity index (χ1v) is 7.94. The number of morpholine rings is 1. The highest BCUT2D eigenvalue weighted by Gasteiger charge is 2.16. The van der Waals surface area contributed by atoms with Crippen LogP contribution >= 0.6 is 11.6 Å². The Labute approximate surface area is 136 Å². The molecule has 1 aromatic carbocycles. The summed E-state index contributed by atoms with van der Waals surface area (Å²) in [6.07, 6.45) is -0.537. The zero-order chi connectivity index (χ0) is 15.9. The van der Waals surface area contributed by atoms with Crippen molar-refractivity contribution < 1.29 is 14.3 Å². The Bertz CT molecular complexity index is 504. The number of carbonyl (C=O) groups excluding carboxylic acids is 1. The van der Waals surface area contributed by atoms with E-state index < -0.39 is 6.10 Å². The predicted octanol–water partition coefficient (Wildman–Crippen LogP) is 1.86. The summed E-state index contributed by atoms with van der Waals surface area (Å²) in [5, 5.41) is 3.57. The third-order valence-electron chi connectivity index (χ3n) is 3.64. The van der Waals surface area contributed by atoms with Crippen LogP contribution in [0.25, 0.3) is 0 Å². The van der Waals surface area contributed by atoms with Gasteiger partial charge in [-0.3, -0.25) is 9.69 Å². The van der Waals surface area contributed by atoms with Crippen molar-refractivity contribution in [2.75, 3.05) is 39.4 Å². The fourth-order valence-electron chi connectivity index (χ4n) is 2.29. The van der Waals surface area contributed by atoms with Crippen molar-refractivity contribution in [3.8, 4) is 5.75 Å². The molecule has 0 spiro atoms. The van der Waals surface area contributed by atoms with E-state index in [9.17, 15) is 4.79 Å². The molecular formula is C16H23ClN2O3. The number of nitrogens with one attached hydrogen (secondary N) is 1. The first-order valence-electron chi connectivity index (χ1n) is 7.57. The summed E-state index contributed by atoms with van der Waals surface area (Å²) in [5.74, 6) is 0.572. The summed E-state index contributed by atoms with van der Waals surface area (Å²) in [4.78, 5) is 14.3. The summed E-state index contributed by atoms with van der Waals surface area (Å²) in [6.45, 7) is 8.49. The molecule has 5 nitrogen and oxygen atoms in total. The second kappa shape index (κ2) is 8.36. The average Bonchev–Trinajstić information content (AvgIpc) is 2.51. The maximum Gasteiger partial charge on any atom is 0.260 e. The standard InChI is InChI=1S/C16H23ClN2O3/c1-12-11-14(17)3-4-15(12)22-13(2)16(20)18-5-6-19-7-9-21-10-8-19/h3-4,11,13H,5-10H2,1-2H3,(H,18,20)/t13-/m0/s1. The number of nitrogens with zero attached hydrogens (tertiary/aromatic N) is 1. The topological polar surface area (TPSA) is 50.8 Å². The molecule has 6 heteroatoms. The van der Waals surface area contributed by atoms with Gasteiger partial charge in [-0.25, -0.2) is 0 Å². The Morgan fingerprint density at radius 2 is 2.18 bits per heavy atom. The van der Waals surface area contributed by atoms with Gasteiger partial charge in [-0.1, -0.05) is 11.6 Å². The maximum absolute atomic E-state index is 12.1. The van der Waals surface area contributed by atoms with E-state index in [1.165, 1.54) is 0 Å². The van der Waals surface area contributed by atoms with Crippen LogP contribution in [0.15, 0.2) is 18.2 Å². The third-order valence-corrected chi connectivity index (χ3v) is 3.88. The maximum atomic E-state index is 12.1. The molecule has 1 amide bonds. The largest absolute Gasteiger partial charge is 0.481 e. The van der Waals surface area contributed by atoms with E-state index in [0.29, 0.717) is 17.3 Å². The van der Waals surface area contributed by atoms with Gasteiger partial charge >= 0.3 is 0 Å². The SMILES string of the molecule is Cc1cc(Cl)ccc1O[C@@H](C)C(=O)NCCN1CCOCC1. The van der Waals surface area contributed by atoms with E-state index in [1.807, 2.05) is 13.0 Å². The van der Waals surface area contributed by atoms with Crippen LogP contribution in [-0.2, 0) is 9.53 Å². The molecule has 0 saturated carbocycles. The van der Waals surface area contributed by atoms with E-state index in [0.717, 1.165) is 38.4 Å². The number of ether oxygens (including phenoxy) is 2. The lowest BCUT2D eigenvalue weighted by Gasteiger charge is -2.26. The van der Waals surface area contributed by atoms with Gasteiger partial charge < -0.3 is 14.8 Å². The monoisotopic (exact) mass is 326 g/mol. The Kier molecular flexibility index (Phi) is 6.49. The van der Waals surface area contributed by atoms with Crippen LogP contribution in [0.2, 0.25) is 5.02 Å². The van der Waals surface area contributed by atoms with Gasteiger partial charge in [-0.05, 0) is 37.6 Å². The summed E-state index contributed by atoms with van der Waals surface area (Å²) < 4.78 is 11.0. The average molecular weight is 327 g/mol. The van der Waals surface area contributed by atoms with Crippen LogP contribution in [0.1, 0.15) is 12.5 Å². The lowest BCUT2D eigenvalue weighted by atomic mass is 10.2. The number of hydrogen-bond acceptors (Lipinski definition) is 4. The number of benzene rings is 1. The highest BCUT2D eigenvalue weighted by atomic mass is 35.5. The summed E-state index contributed by atoms with van der Waals surface area (Å²) >= 11 is 5.91. The fourth-order valence-corrected chi connectivity index (χ4v) is 2.52. The molecule has 0 unspecified atom stereocenters. The highest BCUT2D eigenvalue weighted by molar-refractivity contribution is 6.30. The van der Waals surface area contributed by atoms with E-state index >= 15 is 0 Å². The van der Waals surface area contributed by atoms with E-state index in [4.69, 9.17) is 21.1 Å². The lowest BCUT2D eigenvalue weighted by molar-refractivity contribution is -0.127. The van der Waals surface area contributed by atoms with Crippen LogP contribution in [-0.4, -0.2) is 56.3 Å². The first-order chi connectivity index (χ1) is 10.6. The summed E-state index contributed by atoms with van der Waals surface area (Å²) in [6, 6.07) is 5.36. The molecule has 1 heterocycles. The van der Waals surface area contributed by atoms with Crippen LogP contribution < -0.4 is 10.1 Å². The van der Waals surface area contributed by atoms with Crippen LogP contribution in [0.5, 0.6) is 5.75 Å². The van der Waals surface area contributed by atoms with Crippen molar-refractivity contribution in [2.24, 2.45) is 0 Å². The molecular weight excluding hydrogens is 304 g/mol. The minimum Gasteiger partial charge on any atom is -0.481 e. The normalized spacial score (nSPS) is 17.0. The Hall–Kier alpha value is -1.30. The lowest BCUT2D eigenvalue weighted by Crippen LogP contribution is -2.43. The van der Waals surface area contributed by atoms with E-state index in [1.54, 1.807) is 19.1 Å². The van der Waals surface area contributed by atoms with Gasteiger partial charge in [0.25, 0.3) is 5.91 Å². The molecule has 2 rings (SSSR count). The van der Waals surface area contributed by atoms with Crippen molar-refractivity contribution in [1.29, 1.82) is 0 Å². The minimum absolute atomic E-state index is 0.109. The van der Waals surface area contributed by atoms with Crippen LogP contribution in [0.3, 0.4) is 0 Å². The molecule has 1 atom stereocenters. The number of aryl methyl sites for hydroxylation is 1. The number of carbonyl (C=O) groups is 1. The Morgan fingerprint density at radius 1 is 1.45 bits per heavy atom. The minimum atomic E-state index is -0.537. The zero-order valence-corrected chi connectivity index (χ0v) is 13.9. The summed E-state index contributed by atoms with van der Waals surface area (Å²) in [7, 11) is 0. The quantitative estimate of drug-likeness (QED) is 0.867. The Morgan fingerprint density at radius 3 is 2.86 bits per heavy atom. The van der Waals surface area contributed by atoms with Crippen LogP contribution in [0.4, 0.5) is 0 Å².